The number of aromatic nitrogens is 1. The van der Waals surface area contributed by atoms with Gasteiger partial charge in [-0.15, -0.1) is 11.3 Å². The van der Waals surface area contributed by atoms with E-state index in [2.05, 4.69) is 27.8 Å². The number of nitrogens with one attached hydrogen (secondary N) is 2. The predicted molar refractivity (Wildman–Crippen MR) is 116 cm³/mol. The van der Waals surface area contributed by atoms with E-state index in [0.717, 1.165) is 15.9 Å². The van der Waals surface area contributed by atoms with Crippen molar-refractivity contribution >= 4 is 50.5 Å². The lowest BCUT2D eigenvalue weighted by molar-refractivity contribution is 0.0977. The predicted octanol–water partition coefficient (Wildman–Crippen LogP) is 5.47. The van der Waals surface area contributed by atoms with E-state index in [0.29, 0.717) is 10.9 Å². The highest BCUT2D eigenvalue weighted by atomic mass is 32.1. The number of rotatable bonds is 3. The van der Waals surface area contributed by atoms with Gasteiger partial charge in [-0.3, -0.25) is 10.1 Å². The fourth-order valence-electron chi connectivity index (χ4n) is 3.56. The summed E-state index contributed by atoms with van der Waals surface area (Å²) in [5.41, 5.74) is 3.10. The largest absolute Gasteiger partial charge is 0.332 e. The minimum Gasteiger partial charge on any atom is -0.332 e. The third-order valence-electron chi connectivity index (χ3n) is 4.96. The van der Waals surface area contributed by atoms with Gasteiger partial charge in [0, 0.05) is 5.69 Å². The van der Waals surface area contributed by atoms with Gasteiger partial charge in [-0.25, -0.2) is 4.98 Å². The molecule has 1 fully saturated rings. The van der Waals surface area contributed by atoms with Crippen LogP contribution >= 0.6 is 23.6 Å². The van der Waals surface area contributed by atoms with Gasteiger partial charge in [0.05, 0.1) is 10.2 Å². The van der Waals surface area contributed by atoms with Crippen molar-refractivity contribution in [1.82, 2.24) is 10.3 Å². The molecule has 4 nitrogen and oxygen atoms in total. The molecule has 1 amide bonds. The second kappa shape index (κ2) is 8.15. The SMILES string of the molecule is O=C(NC(=S)Nc1ccc(C2CCCCC2)cc1)c1nc2ccccc2s1. The summed E-state index contributed by atoms with van der Waals surface area (Å²) in [5, 5.41) is 6.49. The molecular formula is C21H21N3OS2. The van der Waals surface area contributed by atoms with Gasteiger partial charge in [0.1, 0.15) is 0 Å². The van der Waals surface area contributed by atoms with E-state index in [9.17, 15) is 4.79 Å². The molecule has 0 spiro atoms. The van der Waals surface area contributed by atoms with Crippen molar-refractivity contribution in [2.45, 2.75) is 38.0 Å². The van der Waals surface area contributed by atoms with Gasteiger partial charge in [-0.2, -0.15) is 0 Å². The molecule has 1 aliphatic rings. The monoisotopic (exact) mass is 395 g/mol. The lowest BCUT2D eigenvalue weighted by atomic mass is 9.84. The molecule has 3 aromatic rings. The smallest absolute Gasteiger partial charge is 0.286 e. The van der Waals surface area contributed by atoms with Crippen LogP contribution in [0.2, 0.25) is 0 Å². The summed E-state index contributed by atoms with van der Waals surface area (Å²) in [4.78, 5) is 16.7. The van der Waals surface area contributed by atoms with Gasteiger partial charge in [-0.1, -0.05) is 43.5 Å². The molecule has 2 aromatic carbocycles. The standard InChI is InChI=1S/C21H21N3OS2/c25-19(20-23-17-8-4-5-9-18(17)27-20)24-21(26)22-16-12-10-15(11-13-16)14-6-2-1-3-7-14/h4-5,8-14H,1-3,6-7H2,(H2,22,24,25,26). The number of hydrogen-bond donors (Lipinski definition) is 2. The second-order valence-corrected chi connectivity index (χ2v) is 8.29. The van der Waals surface area contributed by atoms with E-state index in [1.54, 1.807) is 0 Å². The fraction of sp³-hybridized carbons (Fsp3) is 0.286. The van der Waals surface area contributed by atoms with Gasteiger partial charge >= 0.3 is 0 Å². The Morgan fingerprint density at radius 1 is 1.04 bits per heavy atom. The highest BCUT2D eigenvalue weighted by Crippen LogP contribution is 2.33. The van der Waals surface area contributed by atoms with Crippen LogP contribution < -0.4 is 10.6 Å². The number of carbonyl (C=O) groups is 1. The van der Waals surface area contributed by atoms with Gasteiger partial charge in [0.2, 0.25) is 0 Å². The summed E-state index contributed by atoms with van der Waals surface area (Å²) in [7, 11) is 0. The first-order valence-corrected chi connectivity index (χ1v) is 10.5. The van der Waals surface area contributed by atoms with E-state index < -0.39 is 0 Å². The van der Waals surface area contributed by atoms with E-state index in [1.807, 2.05) is 36.4 Å². The Hall–Kier alpha value is -2.31. The third kappa shape index (κ3) is 4.34. The molecule has 0 saturated heterocycles. The molecule has 1 saturated carbocycles. The number of carbonyl (C=O) groups excluding carboxylic acids is 1. The Labute approximate surface area is 168 Å². The average molecular weight is 396 g/mol. The van der Waals surface area contributed by atoms with Crippen molar-refractivity contribution in [2.24, 2.45) is 0 Å². The lowest BCUT2D eigenvalue weighted by Gasteiger charge is -2.22. The molecule has 0 aliphatic heterocycles. The first-order chi connectivity index (χ1) is 13.2. The van der Waals surface area contributed by atoms with Crippen LogP contribution in [-0.4, -0.2) is 16.0 Å². The number of fused-ring (bicyclic) bond motifs is 1. The van der Waals surface area contributed by atoms with E-state index in [1.165, 1.54) is 49.0 Å². The fourth-order valence-corrected chi connectivity index (χ4v) is 4.63. The molecule has 0 atom stereocenters. The maximum absolute atomic E-state index is 12.4. The lowest BCUT2D eigenvalue weighted by Crippen LogP contribution is -2.34. The summed E-state index contributed by atoms with van der Waals surface area (Å²) in [6, 6.07) is 16.1. The van der Waals surface area contributed by atoms with E-state index in [4.69, 9.17) is 12.2 Å². The zero-order chi connectivity index (χ0) is 18.6. The quantitative estimate of drug-likeness (QED) is 0.577. The van der Waals surface area contributed by atoms with Gasteiger partial charge in [0.15, 0.2) is 10.1 Å². The molecule has 4 rings (SSSR count). The zero-order valence-electron chi connectivity index (χ0n) is 14.9. The molecule has 0 radical (unpaired) electrons. The van der Waals surface area contributed by atoms with Crippen LogP contribution in [0.3, 0.4) is 0 Å². The minimum atomic E-state index is -0.285. The van der Waals surface area contributed by atoms with Crippen LogP contribution in [0.4, 0.5) is 5.69 Å². The second-order valence-electron chi connectivity index (χ2n) is 6.85. The first-order valence-electron chi connectivity index (χ1n) is 9.27. The Morgan fingerprint density at radius 2 is 1.78 bits per heavy atom. The Balaban J connectivity index is 1.36. The summed E-state index contributed by atoms with van der Waals surface area (Å²) >= 11 is 6.65. The maximum Gasteiger partial charge on any atom is 0.286 e. The number of anilines is 1. The molecule has 0 bridgehead atoms. The summed E-state index contributed by atoms with van der Waals surface area (Å²) in [6.07, 6.45) is 6.57. The summed E-state index contributed by atoms with van der Waals surface area (Å²) in [6.45, 7) is 0. The van der Waals surface area contributed by atoms with Crippen LogP contribution in [-0.2, 0) is 0 Å². The summed E-state index contributed by atoms with van der Waals surface area (Å²) in [5.74, 6) is 0.394. The van der Waals surface area contributed by atoms with Crippen molar-refractivity contribution in [1.29, 1.82) is 0 Å². The molecule has 6 heteroatoms. The highest BCUT2D eigenvalue weighted by molar-refractivity contribution is 7.80. The molecule has 1 aromatic heterocycles. The number of benzene rings is 2. The Bertz CT molecular complexity index is 926. The number of hydrogen-bond acceptors (Lipinski definition) is 4. The molecule has 138 valence electrons. The van der Waals surface area contributed by atoms with E-state index in [-0.39, 0.29) is 11.0 Å². The Kier molecular flexibility index (Phi) is 5.45. The van der Waals surface area contributed by atoms with Gasteiger partial charge in [-0.05, 0) is 60.8 Å². The molecule has 0 unspecified atom stereocenters. The van der Waals surface area contributed by atoms with Crippen LogP contribution in [0.15, 0.2) is 48.5 Å². The normalized spacial score (nSPS) is 14.8. The van der Waals surface area contributed by atoms with Crippen molar-refractivity contribution < 1.29 is 4.79 Å². The van der Waals surface area contributed by atoms with Crippen LogP contribution in [0.25, 0.3) is 10.2 Å². The van der Waals surface area contributed by atoms with Crippen LogP contribution in [0.5, 0.6) is 0 Å². The molecule has 1 aliphatic carbocycles. The minimum absolute atomic E-state index is 0.282. The highest BCUT2D eigenvalue weighted by Gasteiger charge is 2.16. The topological polar surface area (TPSA) is 54.0 Å². The maximum atomic E-state index is 12.4. The molecule has 27 heavy (non-hydrogen) atoms. The van der Waals surface area contributed by atoms with Crippen molar-refractivity contribution in [2.75, 3.05) is 5.32 Å². The third-order valence-corrected chi connectivity index (χ3v) is 6.20. The first kappa shape index (κ1) is 18.1. The number of para-hydroxylation sites is 1. The van der Waals surface area contributed by atoms with Gasteiger partial charge in [0.25, 0.3) is 5.91 Å². The van der Waals surface area contributed by atoms with Crippen molar-refractivity contribution in [3.05, 3.63) is 59.1 Å². The van der Waals surface area contributed by atoms with Crippen molar-refractivity contribution in [3.63, 3.8) is 0 Å². The molecule has 2 N–H and O–H groups in total. The number of nitrogens with zero attached hydrogens (tertiary/aromatic N) is 1. The molecule has 1 heterocycles. The van der Waals surface area contributed by atoms with Crippen LogP contribution in [0.1, 0.15) is 53.4 Å². The average Bonchev–Trinajstić information content (AvgIpc) is 3.14. The van der Waals surface area contributed by atoms with Gasteiger partial charge < -0.3 is 5.32 Å². The number of thiocarbonyl (C=S) groups is 1. The summed E-state index contributed by atoms with van der Waals surface area (Å²) < 4.78 is 0.986. The van der Waals surface area contributed by atoms with Crippen LogP contribution in [0, 0.1) is 0 Å². The van der Waals surface area contributed by atoms with Crippen molar-refractivity contribution in [3.8, 4) is 0 Å². The number of thiazole rings is 1. The molecular weight excluding hydrogens is 374 g/mol. The number of amides is 1. The Morgan fingerprint density at radius 3 is 2.52 bits per heavy atom. The zero-order valence-corrected chi connectivity index (χ0v) is 16.5. The van der Waals surface area contributed by atoms with E-state index >= 15 is 0 Å².